The highest BCUT2D eigenvalue weighted by Crippen LogP contribution is 2.48. The molecule has 1 N–H and O–H groups in total. The lowest BCUT2D eigenvalue weighted by Gasteiger charge is -2.39. The van der Waals surface area contributed by atoms with Crippen LogP contribution >= 0.6 is 0 Å². The Kier molecular flexibility index (Phi) is 5.26. The first-order valence-corrected chi connectivity index (χ1v) is 11.3. The van der Waals surface area contributed by atoms with Crippen LogP contribution in [0.15, 0.2) is 54.7 Å². The summed E-state index contributed by atoms with van der Waals surface area (Å²) in [4.78, 5) is 31.6. The fourth-order valence-electron chi connectivity index (χ4n) is 5.08. The van der Waals surface area contributed by atoms with Gasteiger partial charge >= 0.3 is 0 Å². The van der Waals surface area contributed by atoms with Crippen LogP contribution in [0.4, 0.5) is 0 Å². The summed E-state index contributed by atoms with van der Waals surface area (Å²) in [6.45, 7) is 1.93. The fraction of sp³-hybridized carbons (Fsp3) is 0.480. The molecule has 0 radical (unpaired) electrons. The van der Waals surface area contributed by atoms with Crippen molar-refractivity contribution in [1.82, 2.24) is 15.2 Å². The second-order valence-electron chi connectivity index (χ2n) is 9.13. The number of carbonyl (C=O) groups excluding carboxylic acids is 2. The lowest BCUT2D eigenvalue weighted by atomic mass is 9.88. The Morgan fingerprint density at radius 2 is 1.74 bits per heavy atom. The van der Waals surface area contributed by atoms with Gasteiger partial charge in [0.15, 0.2) is 0 Å². The Bertz CT molecular complexity index is 935. The van der Waals surface area contributed by atoms with Crippen LogP contribution in [0.3, 0.4) is 0 Å². The van der Waals surface area contributed by atoms with E-state index in [0.29, 0.717) is 25.3 Å². The number of pyridine rings is 1. The molecule has 6 nitrogen and oxygen atoms in total. The molecule has 2 aromatic rings. The number of hydrogen-bond acceptors (Lipinski definition) is 4. The molecule has 5 rings (SSSR count). The molecule has 31 heavy (non-hydrogen) atoms. The van der Waals surface area contributed by atoms with Crippen LogP contribution in [0.2, 0.25) is 0 Å². The Morgan fingerprint density at radius 1 is 1.00 bits per heavy atom. The molecule has 1 aromatic heterocycles. The van der Waals surface area contributed by atoms with E-state index in [9.17, 15) is 9.59 Å². The van der Waals surface area contributed by atoms with E-state index in [1.165, 1.54) is 0 Å². The van der Waals surface area contributed by atoms with Crippen LogP contribution in [0, 0.1) is 0 Å². The zero-order valence-corrected chi connectivity index (χ0v) is 17.8. The van der Waals surface area contributed by atoms with E-state index in [1.54, 1.807) is 12.3 Å². The van der Waals surface area contributed by atoms with E-state index in [0.717, 1.165) is 44.1 Å². The van der Waals surface area contributed by atoms with Crippen LogP contribution in [0.1, 0.15) is 54.6 Å². The molecule has 3 heterocycles. The molecule has 2 aliphatic heterocycles. The van der Waals surface area contributed by atoms with E-state index in [-0.39, 0.29) is 28.9 Å². The molecule has 162 valence electrons. The smallest absolute Gasteiger partial charge is 0.272 e. The first-order chi connectivity index (χ1) is 15.1. The number of hydrogen-bond donors (Lipinski definition) is 1. The van der Waals surface area contributed by atoms with E-state index in [2.05, 4.69) is 10.3 Å². The van der Waals surface area contributed by atoms with Gasteiger partial charge in [0.2, 0.25) is 5.91 Å². The average Bonchev–Trinajstić information content (AvgIpc) is 3.56. The largest absolute Gasteiger partial charge is 0.370 e. The zero-order chi connectivity index (χ0) is 21.3. The standard InChI is InChI=1S/C25H29N3O3/c29-22(21-8-4-5-15-26-21)28-16-13-24(14-17-28)10-9-20(31-24)18-27-23(30)25(11-12-25)19-6-2-1-3-7-19/h1-8,15,20H,9-14,16-18H2,(H,27,30)/t20-/m0/s1. The second kappa shape index (κ2) is 8.08. The van der Waals surface area contributed by atoms with E-state index >= 15 is 0 Å². The van der Waals surface area contributed by atoms with Gasteiger partial charge in [-0.15, -0.1) is 0 Å². The zero-order valence-electron chi connectivity index (χ0n) is 17.8. The van der Waals surface area contributed by atoms with Crippen LogP contribution < -0.4 is 5.32 Å². The quantitative estimate of drug-likeness (QED) is 0.809. The number of benzene rings is 1. The van der Waals surface area contributed by atoms with Crippen molar-refractivity contribution in [3.8, 4) is 0 Å². The van der Waals surface area contributed by atoms with E-state index in [4.69, 9.17) is 4.74 Å². The van der Waals surface area contributed by atoms with Crippen LogP contribution in [-0.4, -0.2) is 53.0 Å². The predicted molar refractivity (Wildman–Crippen MR) is 117 cm³/mol. The molecule has 1 aliphatic carbocycles. The van der Waals surface area contributed by atoms with Crippen LogP contribution in [-0.2, 0) is 14.9 Å². The maximum Gasteiger partial charge on any atom is 0.272 e. The third-order valence-corrected chi connectivity index (χ3v) is 7.19. The number of nitrogens with zero attached hydrogens (tertiary/aromatic N) is 2. The summed E-state index contributed by atoms with van der Waals surface area (Å²) in [6.07, 6.45) is 7.15. The molecular formula is C25H29N3O3. The van der Waals surface area contributed by atoms with Gasteiger partial charge in [-0.3, -0.25) is 14.6 Å². The van der Waals surface area contributed by atoms with Crippen molar-refractivity contribution >= 4 is 11.8 Å². The first kappa shape index (κ1) is 20.2. The highest BCUT2D eigenvalue weighted by atomic mass is 16.5. The summed E-state index contributed by atoms with van der Waals surface area (Å²) in [5.74, 6) is 0.118. The predicted octanol–water partition coefficient (Wildman–Crippen LogP) is 3.08. The van der Waals surface area contributed by atoms with Gasteiger partial charge in [-0.25, -0.2) is 0 Å². The molecule has 2 saturated heterocycles. The van der Waals surface area contributed by atoms with Gasteiger partial charge in [0.25, 0.3) is 5.91 Å². The number of aromatic nitrogens is 1. The van der Waals surface area contributed by atoms with Crippen molar-refractivity contribution in [3.05, 3.63) is 66.0 Å². The topological polar surface area (TPSA) is 71.5 Å². The highest BCUT2D eigenvalue weighted by Gasteiger charge is 2.51. The molecule has 1 atom stereocenters. The van der Waals surface area contributed by atoms with E-state index < -0.39 is 0 Å². The molecule has 1 aromatic carbocycles. The first-order valence-electron chi connectivity index (χ1n) is 11.3. The molecular weight excluding hydrogens is 390 g/mol. The Balaban J connectivity index is 1.12. The minimum atomic E-state index is -0.339. The van der Waals surface area contributed by atoms with Crippen molar-refractivity contribution in [2.24, 2.45) is 0 Å². The molecule has 0 unspecified atom stereocenters. The van der Waals surface area contributed by atoms with Crippen LogP contribution in [0.25, 0.3) is 0 Å². The normalized spacial score (nSPS) is 23.5. The number of piperidine rings is 1. The maximum atomic E-state index is 12.9. The van der Waals surface area contributed by atoms with Gasteiger partial charge in [0.05, 0.1) is 17.1 Å². The van der Waals surface area contributed by atoms with Gasteiger partial charge in [-0.1, -0.05) is 36.4 Å². The van der Waals surface area contributed by atoms with Gasteiger partial charge in [0.1, 0.15) is 5.69 Å². The SMILES string of the molecule is O=C(c1ccccn1)N1CCC2(CC[C@@H](CNC(=O)C3(c4ccccc4)CC3)O2)CC1. The molecule has 1 spiro atoms. The lowest BCUT2D eigenvalue weighted by molar-refractivity contribution is -0.125. The summed E-state index contributed by atoms with van der Waals surface area (Å²) in [6, 6.07) is 15.5. The molecule has 2 amide bonds. The second-order valence-corrected chi connectivity index (χ2v) is 9.13. The monoisotopic (exact) mass is 419 g/mol. The minimum absolute atomic E-state index is 0.00657. The van der Waals surface area contributed by atoms with Crippen molar-refractivity contribution in [1.29, 1.82) is 0 Å². The summed E-state index contributed by atoms with van der Waals surface area (Å²) in [7, 11) is 0. The Morgan fingerprint density at radius 3 is 2.42 bits per heavy atom. The van der Waals surface area contributed by atoms with Crippen molar-refractivity contribution in [3.63, 3.8) is 0 Å². The van der Waals surface area contributed by atoms with Crippen LogP contribution in [0.5, 0.6) is 0 Å². The third-order valence-electron chi connectivity index (χ3n) is 7.19. The summed E-state index contributed by atoms with van der Waals surface area (Å²) in [5.41, 5.74) is 1.11. The Labute approximate surface area is 183 Å². The minimum Gasteiger partial charge on any atom is -0.370 e. The van der Waals surface area contributed by atoms with Crippen molar-refractivity contribution in [2.75, 3.05) is 19.6 Å². The number of carbonyl (C=O) groups is 2. The average molecular weight is 420 g/mol. The summed E-state index contributed by atoms with van der Waals surface area (Å²) < 4.78 is 6.44. The highest BCUT2D eigenvalue weighted by molar-refractivity contribution is 5.92. The molecule has 0 bridgehead atoms. The van der Waals surface area contributed by atoms with Crippen molar-refractivity contribution < 1.29 is 14.3 Å². The Hall–Kier alpha value is -2.73. The summed E-state index contributed by atoms with van der Waals surface area (Å²) in [5, 5.41) is 3.16. The fourth-order valence-corrected chi connectivity index (χ4v) is 5.08. The van der Waals surface area contributed by atoms with Gasteiger partial charge in [0, 0.05) is 25.8 Å². The molecule has 3 aliphatic rings. The third kappa shape index (κ3) is 3.97. The number of likely N-dealkylation sites (tertiary alicyclic amines) is 1. The van der Waals surface area contributed by atoms with Gasteiger partial charge in [-0.2, -0.15) is 0 Å². The number of rotatable bonds is 5. The maximum absolute atomic E-state index is 12.9. The number of amides is 2. The molecule has 1 saturated carbocycles. The molecule has 3 fully saturated rings. The van der Waals surface area contributed by atoms with E-state index in [1.807, 2.05) is 47.4 Å². The van der Waals surface area contributed by atoms with Gasteiger partial charge in [-0.05, 0) is 56.2 Å². The number of nitrogens with one attached hydrogen (secondary N) is 1. The molecule has 6 heteroatoms. The lowest BCUT2D eigenvalue weighted by Crippen LogP contribution is -2.47. The summed E-state index contributed by atoms with van der Waals surface area (Å²) >= 11 is 0. The van der Waals surface area contributed by atoms with Crippen molar-refractivity contribution in [2.45, 2.75) is 55.6 Å². The van der Waals surface area contributed by atoms with Gasteiger partial charge < -0.3 is 15.0 Å². The number of ether oxygens (including phenoxy) is 1.